The minimum absolute atomic E-state index is 0. The lowest BCUT2D eigenvalue weighted by Crippen LogP contribution is -2.40. The third-order valence-corrected chi connectivity index (χ3v) is 5.15. The van der Waals surface area contributed by atoms with Gasteiger partial charge in [-0.1, -0.05) is 6.07 Å². The van der Waals surface area contributed by atoms with Crippen molar-refractivity contribution in [2.75, 3.05) is 39.0 Å². The number of hydrogen-bond donors (Lipinski definition) is 2. The van der Waals surface area contributed by atoms with Crippen LogP contribution in [0.15, 0.2) is 23.2 Å². The Kier molecular flexibility index (Phi) is 11.6. The summed E-state index contributed by atoms with van der Waals surface area (Å²) in [5, 5.41) is 6.39. The molecule has 1 saturated heterocycles. The van der Waals surface area contributed by atoms with Crippen LogP contribution < -0.4 is 10.6 Å². The van der Waals surface area contributed by atoms with Crippen LogP contribution in [0.4, 0.5) is 17.6 Å². The van der Waals surface area contributed by atoms with Crippen molar-refractivity contribution in [3.8, 4) is 0 Å². The van der Waals surface area contributed by atoms with E-state index in [1.807, 2.05) is 13.2 Å². The monoisotopic (exact) mass is 548 g/mol. The first-order chi connectivity index (χ1) is 13.3. The number of aliphatic imine (C=N–C) groups is 1. The van der Waals surface area contributed by atoms with Crippen molar-refractivity contribution in [2.45, 2.75) is 31.8 Å². The van der Waals surface area contributed by atoms with Gasteiger partial charge in [-0.15, -0.1) is 24.0 Å². The van der Waals surface area contributed by atoms with Crippen molar-refractivity contribution < 1.29 is 17.6 Å². The molecule has 0 bridgehead atoms. The average molecular weight is 548 g/mol. The summed E-state index contributed by atoms with van der Waals surface area (Å²) in [6.45, 7) is 3.67. The highest BCUT2D eigenvalue weighted by Gasteiger charge is 2.34. The minimum atomic E-state index is -4.15. The Balaban J connectivity index is 0.00000420. The highest BCUT2D eigenvalue weighted by molar-refractivity contribution is 14.0. The highest BCUT2D eigenvalue weighted by Crippen LogP contribution is 2.22. The fraction of sp³-hybridized carbons (Fsp3) is 0.632. The number of rotatable bonds is 8. The highest BCUT2D eigenvalue weighted by atomic mass is 127. The van der Waals surface area contributed by atoms with E-state index in [-0.39, 0.29) is 35.7 Å². The second kappa shape index (κ2) is 12.8. The number of alkyl halides is 3. The van der Waals surface area contributed by atoms with Crippen LogP contribution in [-0.4, -0.2) is 56.0 Å². The van der Waals surface area contributed by atoms with Crippen LogP contribution in [0.1, 0.15) is 24.5 Å². The molecule has 4 nitrogen and oxygen atoms in total. The van der Waals surface area contributed by atoms with E-state index in [4.69, 9.17) is 0 Å². The largest absolute Gasteiger partial charge is 0.401 e. The molecule has 2 rings (SSSR count). The van der Waals surface area contributed by atoms with Gasteiger partial charge in [-0.05, 0) is 55.3 Å². The number of benzene rings is 1. The fourth-order valence-electron chi connectivity index (χ4n) is 3.26. The van der Waals surface area contributed by atoms with E-state index < -0.39 is 12.7 Å². The number of guanidine groups is 1. The van der Waals surface area contributed by atoms with Gasteiger partial charge < -0.3 is 10.6 Å². The number of halogens is 5. The van der Waals surface area contributed by atoms with Crippen molar-refractivity contribution in [3.63, 3.8) is 0 Å². The minimum Gasteiger partial charge on any atom is -0.357 e. The van der Waals surface area contributed by atoms with Crippen LogP contribution in [0, 0.1) is 11.7 Å². The maximum absolute atomic E-state index is 13.5. The molecule has 10 heteroatoms. The molecule has 1 fully saturated rings. The Bertz CT molecular complexity index is 658. The SMILES string of the molecule is CCNC(=NCc1ccc(F)cc1CSC)NCC1CCN(CC(F)(F)F)C1.I. The van der Waals surface area contributed by atoms with Crippen LogP contribution in [-0.2, 0) is 12.3 Å². The molecule has 0 aromatic heterocycles. The third kappa shape index (κ3) is 9.73. The van der Waals surface area contributed by atoms with Crippen molar-refractivity contribution >= 4 is 41.7 Å². The molecule has 0 aliphatic carbocycles. The molecule has 0 spiro atoms. The third-order valence-electron chi connectivity index (χ3n) is 4.55. The van der Waals surface area contributed by atoms with E-state index in [2.05, 4.69) is 15.6 Å². The molecule has 1 aliphatic rings. The summed E-state index contributed by atoms with van der Waals surface area (Å²) in [6.07, 6.45) is -1.45. The molecule has 29 heavy (non-hydrogen) atoms. The first-order valence-electron chi connectivity index (χ1n) is 9.38. The summed E-state index contributed by atoms with van der Waals surface area (Å²) in [6, 6.07) is 4.72. The van der Waals surface area contributed by atoms with Crippen molar-refractivity contribution in [1.82, 2.24) is 15.5 Å². The van der Waals surface area contributed by atoms with Gasteiger partial charge in [-0.2, -0.15) is 24.9 Å². The molecule has 1 aliphatic heterocycles. The van der Waals surface area contributed by atoms with Gasteiger partial charge in [0.25, 0.3) is 0 Å². The quantitative estimate of drug-likeness (QED) is 0.221. The van der Waals surface area contributed by atoms with Crippen molar-refractivity contribution in [3.05, 3.63) is 35.1 Å². The zero-order valence-electron chi connectivity index (χ0n) is 16.7. The lowest BCUT2D eigenvalue weighted by molar-refractivity contribution is -0.143. The summed E-state index contributed by atoms with van der Waals surface area (Å²) in [5.74, 6) is 1.23. The van der Waals surface area contributed by atoms with Gasteiger partial charge in [-0.3, -0.25) is 4.90 Å². The standard InChI is InChI=1S/C19H28F4N4S.HI/c1-3-24-18(25-9-14-6-7-27(11-14)13-19(21,22)23)26-10-15-4-5-17(20)8-16(15)12-28-2;/h4-5,8,14H,3,6-7,9-13H2,1-2H3,(H2,24,25,26);1H. The van der Waals surface area contributed by atoms with E-state index in [0.29, 0.717) is 44.4 Å². The van der Waals surface area contributed by atoms with Gasteiger partial charge >= 0.3 is 6.18 Å². The topological polar surface area (TPSA) is 39.7 Å². The molecule has 2 N–H and O–H groups in total. The Morgan fingerprint density at radius 2 is 2.03 bits per heavy atom. The second-order valence-electron chi connectivity index (χ2n) is 6.93. The number of nitrogens with one attached hydrogen (secondary N) is 2. The Hall–Kier alpha value is -0.750. The lowest BCUT2D eigenvalue weighted by atomic mass is 10.1. The van der Waals surface area contributed by atoms with Gasteiger partial charge in [0, 0.05) is 25.4 Å². The predicted octanol–water partition coefficient (Wildman–Crippen LogP) is 4.25. The average Bonchev–Trinajstić information content (AvgIpc) is 3.04. The summed E-state index contributed by atoms with van der Waals surface area (Å²) >= 11 is 1.62. The molecule has 0 radical (unpaired) electrons. The predicted molar refractivity (Wildman–Crippen MR) is 122 cm³/mol. The van der Waals surface area contributed by atoms with E-state index in [0.717, 1.165) is 17.5 Å². The van der Waals surface area contributed by atoms with Crippen LogP contribution in [0.5, 0.6) is 0 Å². The zero-order valence-corrected chi connectivity index (χ0v) is 19.8. The molecule has 0 amide bonds. The number of hydrogen-bond acceptors (Lipinski definition) is 3. The number of likely N-dealkylation sites (tertiary alicyclic amines) is 1. The van der Waals surface area contributed by atoms with E-state index >= 15 is 0 Å². The maximum atomic E-state index is 13.5. The van der Waals surface area contributed by atoms with Gasteiger partial charge in [0.2, 0.25) is 0 Å². The molecular formula is C19H29F4IN4S. The van der Waals surface area contributed by atoms with E-state index in [1.165, 1.54) is 17.0 Å². The summed E-state index contributed by atoms with van der Waals surface area (Å²) in [5.41, 5.74) is 1.89. The Labute approximate surface area is 191 Å². The van der Waals surface area contributed by atoms with Crippen LogP contribution >= 0.6 is 35.7 Å². The lowest BCUT2D eigenvalue weighted by Gasteiger charge is -2.18. The van der Waals surface area contributed by atoms with Gasteiger partial charge in [0.15, 0.2) is 5.96 Å². The summed E-state index contributed by atoms with van der Waals surface area (Å²) < 4.78 is 51.0. The first kappa shape index (κ1) is 26.3. The molecule has 166 valence electrons. The van der Waals surface area contributed by atoms with Crippen LogP contribution in [0.3, 0.4) is 0 Å². The van der Waals surface area contributed by atoms with Gasteiger partial charge in [0.1, 0.15) is 5.82 Å². The van der Waals surface area contributed by atoms with Gasteiger partial charge in [0.05, 0.1) is 13.1 Å². The molecular weight excluding hydrogens is 519 g/mol. The zero-order chi connectivity index (χ0) is 20.6. The molecule has 1 unspecified atom stereocenters. The fourth-order valence-corrected chi connectivity index (χ4v) is 3.84. The van der Waals surface area contributed by atoms with E-state index in [9.17, 15) is 17.6 Å². The normalized spacial score (nSPS) is 17.9. The number of nitrogens with zero attached hydrogens (tertiary/aromatic N) is 2. The van der Waals surface area contributed by atoms with Crippen molar-refractivity contribution in [1.29, 1.82) is 0 Å². The van der Waals surface area contributed by atoms with E-state index in [1.54, 1.807) is 17.8 Å². The van der Waals surface area contributed by atoms with Crippen LogP contribution in [0.2, 0.25) is 0 Å². The number of thioether (sulfide) groups is 1. The maximum Gasteiger partial charge on any atom is 0.401 e. The second-order valence-corrected chi connectivity index (χ2v) is 7.79. The molecule has 1 aromatic rings. The smallest absolute Gasteiger partial charge is 0.357 e. The van der Waals surface area contributed by atoms with Gasteiger partial charge in [-0.25, -0.2) is 9.38 Å². The first-order valence-corrected chi connectivity index (χ1v) is 10.8. The van der Waals surface area contributed by atoms with Crippen LogP contribution in [0.25, 0.3) is 0 Å². The molecule has 1 atom stereocenters. The summed E-state index contributed by atoms with van der Waals surface area (Å²) in [4.78, 5) is 6.01. The molecule has 0 saturated carbocycles. The molecule has 1 aromatic carbocycles. The Morgan fingerprint density at radius 1 is 1.28 bits per heavy atom. The Morgan fingerprint density at radius 3 is 2.69 bits per heavy atom. The molecule has 1 heterocycles. The van der Waals surface area contributed by atoms with Crippen molar-refractivity contribution in [2.24, 2.45) is 10.9 Å². The summed E-state index contributed by atoms with van der Waals surface area (Å²) in [7, 11) is 0.